The summed E-state index contributed by atoms with van der Waals surface area (Å²) in [6, 6.07) is 7.88. The van der Waals surface area contributed by atoms with Crippen LogP contribution in [0.2, 0.25) is 5.02 Å². The lowest BCUT2D eigenvalue weighted by atomic mass is 9.94. The molecule has 1 saturated carbocycles. The number of nitrogens with two attached hydrogens (primary N) is 1. The van der Waals surface area contributed by atoms with Gasteiger partial charge in [0.05, 0.1) is 0 Å². The van der Waals surface area contributed by atoms with Crippen LogP contribution >= 0.6 is 11.6 Å². The Morgan fingerprint density at radius 1 is 1.29 bits per heavy atom. The minimum Gasteiger partial charge on any atom is -0.461 e. The third-order valence-corrected chi connectivity index (χ3v) is 4.06. The van der Waals surface area contributed by atoms with Gasteiger partial charge < -0.3 is 10.2 Å². The molecule has 2 atom stereocenters. The van der Waals surface area contributed by atoms with Crippen molar-refractivity contribution in [2.75, 3.05) is 6.54 Å². The summed E-state index contributed by atoms with van der Waals surface area (Å²) in [6.07, 6.45) is 3.67. The molecule has 1 aliphatic rings. The second kappa shape index (κ2) is 4.35. The standard InChI is InChI=1S/C14H16ClNO/c15-11-4-5-13-10(6-11)7-14(17-13)12-3-1-2-9(12)8-16/h4-7,9,12H,1-3,8,16H2. The molecule has 3 rings (SSSR count). The van der Waals surface area contributed by atoms with Crippen LogP contribution in [-0.4, -0.2) is 6.54 Å². The third kappa shape index (κ3) is 1.96. The molecule has 0 amide bonds. The number of benzene rings is 1. The fourth-order valence-corrected chi connectivity index (χ4v) is 3.09. The highest BCUT2D eigenvalue weighted by molar-refractivity contribution is 6.31. The maximum atomic E-state index is 5.98. The first-order chi connectivity index (χ1) is 8.28. The second-order valence-corrected chi connectivity index (χ2v) is 5.30. The number of hydrogen-bond donors (Lipinski definition) is 1. The highest BCUT2D eigenvalue weighted by Gasteiger charge is 2.29. The summed E-state index contributed by atoms with van der Waals surface area (Å²) in [5.41, 5.74) is 6.74. The van der Waals surface area contributed by atoms with Crippen LogP contribution in [0, 0.1) is 5.92 Å². The van der Waals surface area contributed by atoms with Crippen molar-refractivity contribution in [3.8, 4) is 0 Å². The molecule has 17 heavy (non-hydrogen) atoms. The van der Waals surface area contributed by atoms with Gasteiger partial charge in [-0.2, -0.15) is 0 Å². The molecule has 1 aliphatic carbocycles. The van der Waals surface area contributed by atoms with E-state index in [4.69, 9.17) is 21.8 Å². The average Bonchev–Trinajstić information content (AvgIpc) is 2.93. The summed E-state index contributed by atoms with van der Waals surface area (Å²) in [4.78, 5) is 0. The molecule has 1 aromatic heterocycles. The summed E-state index contributed by atoms with van der Waals surface area (Å²) >= 11 is 5.98. The van der Waals surface area contributed by atoms with Crippen molar-refractivity contribution in [2.45, 2.75) is 25.2 Å². The summed E-state index contributed by atoms with van der Waals surface area (Å²) in [5, 5.41) is 1.85. The molecule has 2 N–H and O–H groups in total. The van der Waals surface area contributed by atoms with E-state index in [0.29, 0.717) is 11.8 Å². The van der Waals surface area contributed by atoms with Crippen molar-refractivity contribution in [3.63, 3.8) is 0 Å². The van der Waals surface area contributed by atoms with Crippen LogP contribution in [0.3, 0.4) is 0 Å². The van der Waals surface area contributed by atoms with E-state index in [0.717, 1.165) is 28.3 Å². The Labute approximate surface area is 106 Å². The summed E-state index contributed by atoms with van der Waals surface area (Å²) < 4.78 is 5.92. The predicted octanol–water partition coefficient (Wildman–Crippen LogP) is 3.93. The zero-order chi connectivity index (χ0) is 11.8. The Morgan fingerprint density at radius 2 is 2.18 bits per heavy atom. The van der Waals surface area contributed by atoms with E-state index in [1.54, 1.807) is 0 Å². The van der Waals surface area contributed by atoms with Gasteiger partial charge in [-0.3, -0.25) is 0 Å². The first-order valence-corrected chi connectivity index (χ1v) is 6.55. The van der Waals surface area contributed by atoms with E-state index in [9.17, 15) is 0 Å². The summed E-state index contributed by atoms with van der Waals surface area (Å²) in [6.45, 7) is 0.752. The van der Waals surface area contributed by atoms with Gasteiger partial charge in [0.15, 0.2) is 0 Å². The lowest BCUT2D eigenvalue weighted by Gasteiger charge is -2.14. The SMILES string of the molecule is NCC1CCCC1c1cc2cc(Cl)ccc2o1. The van der Waals surface area contributed by atoms with Crippen LogP contribution in [-0.2, 0) is 0 Å². The largest absolute Gasteiger partial charge is 0.461 e. The molecule has 0 bridgehead atoms. The monoisotopic (exact) mass is 249 g/mol. The molecule has 1 fully saturated rings. The van der Waals surface area contributed by atoms with Crippen LogP contribution in [0.15, 0.2) is 28.7 Å². The zero-order valence-electron chi connectivity index (χ0n) is 9.66. The van der Waals surface area contributed by atoms with Crippen LogP contribution in [0.5, 0.6) is 0 Å². The van der Waals surface area contributed by atoms with E-state index < -0.39 is 0 Å². The van der Waals surface area contributed by atoms with E-state index >= 15 is 0 Å². The Hall–Kier alpha value is -0.990. The van der Waals surface area contributed by atoms with Gasteiger partial charge in [-0.15, -0.1) is 0 Å². The maximum absolute atomic E-state index is 5.98. The van der Waals surface area contributed by atoms with Crippen molar-refractivity contribution in [2.24, 2.45) is 11.7 Å². The Morgan fingerprint density at radius 3 is 3.00 bits per heavy atom. The minimum absolute atomic E-state index is 0.492. The lowest BCUT2D eigenvalue weighted by molar-refractivity contribution is 0.416. The number of hydrogen-bond acceptors (Lipinski definition) is 2. The van der Waals surface area contributed by atoms with Gasteiger partial charge in [0, 0.05) is 16.3 Å². The molecular formula is C14H16ClNO. The first kappa shape index (κ1) is 11.1. The molecule has 1 heterocycles. The Bertz CT molecular complexity index is 534. The number of furan rings is 1. The molecule has 0 spiro atoms. The molecule has 0 saturated heterocycles. The summed E-state index contributed by atoms with van der Waals surface area (Å²) in [5.74, 6) is 2.15. The van der Waals surface area contributed by atoms with Gasteiger partial charge >= 0.3 is 0 Å². The van der Waals surface area contributed by atoms with Gasteiger partial charge in [0.25, 0.3) is 0 Å². The van der Waals surface area contributed by atoms with Crippen molar-refractivity contribution in [1.29, 1.82) is 0 Å². The predicted molar refractivity (Wildman–Crippen MR) is 70.4 cm³/mol. The fourth-order valence-electron chi connectivity index (χ4n) is 2.91. The van der Waals surface area contributed by atoms with Crippen molar-refractivity contribution in [1.82, 2.24) is 0 Å². The quantitative estimate of drug-likeness (QED) is 0.876. The first-order valence-electron chi connectivity index (χ1n) is 6.17. The van der Waals surface area contributed by atoms with Gasteiger partial charge in [-0.25, -0.2) is 0 Å². The van der Waals surface area contributed by atoms with E-state index in [1.807, 2.05) is 18.2 Å². The molecule has 1 aromatic carbocycles. The Balaban J connectivity index is 2.00. The smallest absolute Gasteiger partial charge is 0.134 e. The van der Waals surface area contributed by atoms with Gasteiger partial charge in [0.2, 0.25) is 0 Å². The Kier molecular flexibility index (Phi) is 2.85. The van der Waals surface area contributed by atoms with Gasteiger partial charge in [0.1, 0.15) is 11.3 Å². The lowest BCUT2D eigenvalue weighted by Crippen LogP contribution is -2.16. The van der Waals surface area contributed by atoms with Crippen LogP contribution < -0.4 is 5.73 Å². The van der Waals surface area contributed by atoms with Gasteiger partial charge in [-0.05, 0) is 49.6 Å². The van der Waals surface area contributed by atoms with Crippen LogP contribution in [0.1, 0.15) is 30.9 Å². The highest BCUT2D eigenvalue weighted by Crippen LogP contribution is 2.41. The molecule has 90 valence electrons. The minimum atomic E-state index is 0.492. The highest BCUT2D eigenvalue weighted by atomic mass is 35.5. The van der Waals surface area contributed by atoms with E-state index in [-0.39, 0.29) is 0 Å². The normalized spacial score (nSPS) is 24.6. The molecule has 2 unspecified atom stereocenters. The van der Waals surface area contributed by atoms with Crippen molar-refractivity contribution < 1.29 is 4.42 Å². The topological polar surface area (TPSA) is 39.2 Å². The number of fused-ring (bicyclic) bond motifs is 1. The average molecular weight is 250 g/mol. The molecular weight excluding hydrogens is 234 g/mol. The van der Waals surface area contributed by atoms with Crippen molar-refractivity contribution >= 4 is 22.6 Å². The van der Waals surface area contributed by atoms with Crippen molar-refractivity contribution in [3.05, 3.63) is 35.0 Å². The van der Waals surface area contributed by atoms with Crippen LogP contribution in [0.25, 0.3) is 11.0 Å². The van der Waals surface area contributed by atoms with Crippen LogP contribution in [0.4, 0.5) is 0 Å². The molecule has 3 heteroatoms. The molecule has 2 nitrogen and oxygen atoms in total. The summed E-state index contributed by atoms with van der Waals surface area (Å²) in [7, 11) is 0. The van der Waals surface area contributed by atoms with E-state index in [1.165, 1.54) is 19.3 Å². The number of rotatable bonds is 2. The number of halogens is 1. The molecule has 0 radical (unpaired) electrons. The molecule has 0 aliphatic heterocycles. The zero-order valence-corrected chi connectivity index (χ0v) is 10.4. The fraction of sp³-hybridized carbons (Fsp3) is 0.429. The maximum Gasteiger partial charge on any atom is 0.134 e. The van der Waals surface area contributed by atoms with E-state index in [2.05, 4.69) is 6.07 Å². The third-order valence-electron chi connectivity index (χ3n) is 3.82. The molecule has 2 aromatic rings. The second-order valence-electron chi connectivity index (χ2n) is 4.86. The van der Waals surface area contributed by atoms with Gasteiger partial charge in [-0.1, -0.05) is 18.0 Å².